The van der Waals surface area contributed by atoms with Crippen molar-refractivity contribution >= 4 is 35.8 Å². The summed E-state index contributed by atoms with van der Waals surface area (Å²) in [7, 11) is 11.4. The van der Waals surface area contributed by atoms with Crippen molar-refractivity contribution in [2.75, 3.05) is 55.4 Å². The van der Waals surface area contributed by atoms with Gasteiger partial charge in [0.1, 0.15) is 37.5 Å². The number of quaternary nitrogens is 2. The summed E-state index contributed by atoms with van der Waals surface area (Å²) in [6, 6.07) is 0. The number of aliphatic hydroxyl groups excluding tert-OH is 4. The number of rotatable bonds is 15. The van der Waals surface area contributed by atoms with Gasteiger partial charge in [0.05, 0.1) is 54.2 Å². The van der Waals surface area contributed by atoms with E-state index in [1.807, 2.05) is 42.3 Å². The van der Waals surface area contributed by atoms with Crippen LogP contribution in [0.5, 0.6) is 0 Å². The third-order valence-electron chi connectivity index (χ3n) is 4.44. The average Bonchev–Trinajstić information content (AvgIpc) is 2.73. The molecule has 0 saturated carbocycles. The summed E-state index contributed by atoms with van der Waals surface area (Å²) in [4.78, 5) is 62.0. The molecule has 0 amide bonds. The van der Waals surface area contributed by atoms with Gasteiger partial charge in [-0.2, -0.15) is 0 Å². The predicted octanol–water partition coefficient (Wildman–Crippen LogP) is -8.54. The van der Waals surface area contributed by atoms with E-state index in [0.717, 1.165) is 0 Å². The monoisotopic (exact) mass is 678 g/mol. The van der Waals surface area contributed by atoms with Crippen molar-refractivity contribution in [2.24, 2.45) is 0 Å². The van der Waals surface area contributed by atoms with Gasteiger partial charge >= 0.3 is 31.4 Å². The molecule has 0 bridgehead atoms. The maximum absolute atomic E-state index is 10.7. The normalized spacial score (nSPS) is 15.1. The number of aliphatic hydroxyl groups is 4. The first-order valence-electron chi connectivity index (χ1n) is 12.2. The van der Waals surface area contributed by atoms with Gasteiger partial charge in [-0.25, -0.2) is 0 Å². The van der Waals surface area contributed by atoms with Crippen LogP contribution in [-0.4, -0.2) is 157 Å². The third-order valence-corrected chi connectivity index (χ3v) is 4.44. The third kappa shape index (κ3) is 29.1. The summed E-state index contributed by atoms with van der Waals surface area (Å²) < 4.78 is 10.8. The van der Waals surface area contributed by atoms with Gasteiger partial charge in [-0.3, -0.25) is 9.59 Å². The second kappa shape index (κ2) is 21.8. The molecule has 0 aliphatic rings. The molecule has 0 fully saturated rings. The van der Waals surface area contributed by atoms with Gasteiger partial charge in [0.2, 0.25) is 0 Å². The van der Waals surface area contributed by atoms with Crippen LogP contribution in [0.15, 0.2) is 0 Å². The fourth-order valence-electron chi connectivity index (χ4n) is 3.00. The molecule has 0 unspecified atom stereocenters. The van der Waals surface area contributed by atoms with Gasteiger partial charge in [-0.05, 0) is 0 Å². The quantitative estimate of drug-likeness (QED) is 0.0709. The molecule has 0 saturated heterocycles. The first-order valence-corrected chi connectivity index (χ1v) is 12.2. The van der Waals surface area contributed by atoms with Gasteiger partial charge in [-0.1, -0.05) is 0 Å². The number of hydrogen-bond acceptors (Lipinski definition) is 16. The van der Waals surface area contributed by atoms with E-state index < -0.39 is 72.4 Å². The molecule has 43 heavy (non-hydrogen) atoms. The minimum absolute atomic E-state index is 0. The van der Waals surface area contributed by atoms with Crippen LogP contribution in [0.25, 0.3) is 0 Å². The zero-order valence-corrected chi connectivity index (χ0v) is 28.5. The summed E-state index contributed by atoms with van der Waals surface area (Å²) in [5.41, 5.74) is 0. The Hall–Kier alpha value is -2.80. The fraction of sp³-hybridized carbons (Fsp3) is 0.750. The zero-order valence-electron chi connectivity index (χ0n) is 25.6. The summed E-state index contributed by atoms with van der Waals surface area (Å²) in [5.74, 6) is -7.56. The maximum Gasteiger partial charge on any atom is 2.00 e. The minimum atomic E-state index is -2.50. The molecule has 0 radical (unpaired) electrons. The van der Waals surface area contributed by atoms with Crippen molar-refractivity contribution in [3.63, 3.8) is 0 Å². The van der Waals surface area contributed by atoms with E-state index in [4.69, 9.17) is 29.9 Å². The first-order chi connectivity index (χ1) is 18.7. The molecule has 0 aliphatic heterocycles. The Morgan fingerprint density at radius 1 is 0.581 bits per heavy atom. The SMILES string of the molecule is CC(=O)O[C@H](CC(=O)[O-])C[N+](C)(C)C.CC(=O)O[C@H](CC(=O)[O-])C[N+](C)(C)C.O=C([O-])[C@@H](O)[C@H](O)[C@H](O)[C@@H](O)C(=O)[O-].[Zn+2]. The molecule has 18 nitrogen and oxygen atoms in total. The number of carbonyl (C=O) groups is 6. The van der Waals surface area contributed by atoms with Crippen LogP contribution in [0.3, 0.4) is 0 Å². The van der Waals surface area contributed by atoms with Gasteiger partial charge in [0.15, 0.2) is 12.2 Å². The topological polar surface area (TPSA) is 294 Å². The van der Waals surface area contributed by atoms with Crippen LogP contribution < -0.4 is 20.4 Å². The molecule has 0 aromatic heterocycles. The van der Waals surface area contributed by atoms with Crippen molar-refractivity contribution in [1.82, 2.24) is 0 Å². The number of esters is 2. The summed E-state index contributed by atoms with van der Waals surface area (Å²) >= 11 is 0. The molecule has 19 heteroatoms. The molecule has 0 aromatic rings. The molecule has 4 N–H and O–H groups in total. The van der Waals surface area contributed by atoms with E-state index in [-0.39, 0.29) is 32.3 Å². The standard InChI is InChI=1S/2C9H17NO4.C6H10O8.Zn/c2*1-7(11)14-8(5-9(12)13)6-10(2,3)4;7-1(3(9)5(11)12)2(8)4(10)6(13)14;/h2*8H,5-6H2,1-4H3;1-4,7-10H,(H,11,12)(H,13,14);/q;;;+2/p-2/t2*8-;1-,2+,3+,4-;/m11../s1. The van der Waals surface area contributed by atoms with E-state index in [0.29, 0.717) is 22.1 Å². The number of hydrogen-bond donors (Lipinski definition) is 4. The smallest absolute Gasteiger partial charge is 0.550 e. The second-order valence-corrected chi connectivity index (χ2v) is 11.1. The molecule has 0 aromatic carbocycles. The van der Waals surface area contributed by atoms with Gasteiger partial charge in [-0.15, -0.1) is 0 Å². The van der Waals surface area contributed by atoms with E-state index in [9.17, 15) is 49.2 Å². The molecule has 6 atom stereocenters. The van der Waals surface area contributed by atoms with Gasteiger partial charge in [0, 0.05) is 38.6 Å². The summed E-state index contributed by atoms with van der Waals surface area (Å²) in [5, 5.41) is 75.5. The van der Waals surface area contributed by atoms with Crippen molar-refractivity contribution < 1.29 is 108 Å². The number of ether oxygens (including phenoxy) is 2. The Kier molecular flexibility index (Phi) is 23.9. The number of likely N-dealkylation sites (N-methyl/N-ethyl adjacent to an activating group) is 2. The Morgan fingerprint density at radius 3 is 0.953 bits per heavy atom. The number of aliphatic carboxylic acids is 4. The largest absolute Gasteiger partial charge is 2.00 e. The summed E-state index contributed by atoms with van der Waals surface area (Å²) in [6.07, 6.45) is -11.5. The van der Waals surface area contributed by atoms with Crippen molar-refractivity contribution in [3.05, 3.63) is 0 Å². The second-order valence-electron chi connectivity index (χ2n) is 11.1. The number of carbonyl (C=O) groups excluding carboxylic acids is 6. The predicted molar refractivity (Wildman–Crippen MR) is 130 cm³/mol. The first kappa shape index (κ1) is 47.1. The van der Waals surface area contributed by atoms with Gasteiger partial charge < -0.3 is 78.5 Å². The Balaban J connectivity index is -0.000000262. The van der Waals surface area contributed by atoms with Crippen LogP contribution in [0.2, 0.25) is 0 Å². The summed E-state index contributed by atoms with van der Waals surface area (Å²) in [6.45, 7) is 3.43. The van der Waals surface area contributed by atoms with E-state index in [1.54, 1.807) is 0 Å². The van der Waals surface area contributed by atoms with Crippen LogP contribution in [-0.2, 0) is 57.7 Å². The number of carboxylic acid groups (broad SMARTS) is 4. The number of carboxylic acids is 4. The fourth-order valence-corrected chi connectivity index (χ4v) is 3.00. The molecule has 0 rings (SSSR count). The van der Waals surface area contributed by atoms with E-state index in [2.05, 4.69) is 0 Å². The van der Waals surface area contributed by atoms with Crippen molar-refractivity contribution in [2.45, 2.75) is 63.3 Å². The van der Waals surface area contributed by atoms with Crippen LogP contribution >= 0.6 is 0 Å². The molecule has 0 heterocycles. The molecular weight excluding hydrogens is 638 g/mol. The van der Waals surface area contributed by atoms with E-state index >= 15 is 0 Å². The Bertz CT molecular complexity index is 799. The maximum atomic E-state index is 10.7. The molecular formula is C24H42N2O16Zn. The molecule has 0 aliphatic carbocycles. The number of nitrogens with zero attached hydrogens (tertiary/aromatic N) is 2. The van der Waals surface area contributed by atoms with Crippen LogP contribution in [0.1, 0.15) is 26.7 Å². The van der Waals surface area contributed by atoms with Crippen molar-refractivity contribution in [3.8, 4) is 0 Å². The minimum Gasteiger partial charge on any atom is -0.550 e. The zero-order chi connectivity index (χ0) is 34.2. The molecule has 0 spiro atoms. The van der Waals surface area contributed by atoms with Crippen LogP contribution in [0.4, 0.5) is 0 Å². The van der Waals surface area contributed by atoms with E-state index in [1.165, 1.54) is 13.8 Å². The molecule has 246 valence electrons. The Morgan fingerprint density at radius 2 is 0.814 bits per heavy atom. The van der Waals surface area contributed by atoms with Gasteiger partial charge in [0.25, 0.3) is 0 Å². The van der Waals surface area contributed by atoms with Crippen LogP contribution in [0, 0.1) is 0 Å². The average molecular weight is 680 g/mol. The Labute approximate surface area is 262 Å². The van der Waals surface area contributed by atoms with Crippen molar-refractivity contribution in [1.29, 1.82) is 0 Å².